The molecule has 1 fully saturated rings. The third-order valence-electron chi connectivity index (χ3n) is 4.21. The lowest BCUT2D eigenvalue weighted by atomic mass is 9.98. The molecule has 1 aliphatic heterocycles. The van der Waals surface area contributed by atoms with Crippen molar-refractivity contribution in [3.05, 3.63) is 34.3 Å². The summed E-state index contributed by atoms with van der Waals surface area (Å²) in [6, 6.07) is 7.91. The van der Waals surface area contributed by atoms with Gasteiger partial charge in [0, 0.05) is 30.5 Å². The van der Waals surface area contributed by atoms with Gasteiger partial charge in [-0.3, -0.25) is 4.79 Å². The average molecular weight is 403 g/mol. The Bertz CT molecular complexity index is 640. The van der Waals surface area contributed by atoms with Crippen LogP contribution in [0.25, 0.3) is 0 Å². The highest BCUT2D eigenvalue weighted by Gasteiger charge is 2.24. The van der Waals surface area contributed by atoms with Gasteiger partial charge in [0.15, 0.2) is 0 Å². The zero-order valence-corrected chi connectivity index (χ0v) is 15.7. The monoisotopic (exact) mass is 402 g/mol. The predicted octanol–water partition coefficient (Wildman–Crippen LogP) is 2.17. The van der Waals surface area contributed by atoms with Crippen molar-refractivity contribution < 1.29 is 13.2 Å². The van der Waals surface area contributed by atoms with Gasteiger partial charge in [0.2, 0.25) is 15.9 Å². The van der Waals surface area contributed by atoms with Gasteiger partial charge in [-0.1, -0.05) is 34.1 Å². The summed E-state index contributed by atoms with van der Waals surface area (Å²) in [4.78, 5) is 12.0. The summed E-state index contributed by atoms with van der Waals surface area (Å²) in [7, 11) is -3.08. The van der Waals surface area contributed by atoms with E-state index in [1.165, 1.54) is 10.6 Å². The number of piperidine rings is 1. The topological polar surface area (TPSA) is 66.5 Å². The van der Waals surface area contributed by atoms with Crippen molar-refractivity contribution in [2.24, 2.45) is 5.92 Å². The highest BCUT2D eigenvalue weighted by molar-refractivity contribution is 9.10. The lowest BCUT2D eigenvalue weighted by Crippen LogP contribution is -2.41. The van der Waals surface area contributed by atoms with Crippen molar-refractivity contribution in [2.75, 3.05) is 25.9 Å². The van der Waals surface area contributed by atoms with Crippen LogP contribution in [-0.2, 0) is 21.2 Å². The van der Waals surface area contributed by atoms with Crippen LogP contribution < -0.4 is 5.32 Å². The number of nitrogens with one attached hydrogen (secondary N) is 1. The fraction of sp³-hybridized carbons (Fsp3) is 0.562. The Morgan fingerprint density at radius 1 is 1.30 bits per heavy atom. The maximum absolute atomic E-state index is 12.0. The number of nitrogens with zero attached hydrogens (tertiary/aromatic N) is 1. The third kappa shape index (κ3) is 5.90. The molecule has 0 aromatic heterocycles. The van der Waals surface area contributed by atoms with Crippen molar-refractivity contribution >= 4 is 31.9 Å². The molecule has 1 amide bonds. The molecular weight excluding hydrogens is 380 g/mol. The first-order valence-corrected chi connectivity index (χ1v) is 10.5. The molecule has 0 aliphatic carbocycles. The van der Waals surface area contributed by atoms with Gasteiger partial charge in [0.25, 0.3) is 0 Å². The lowest BCUT2D eigenvalue weighted by molar-refractivity contribution is -0.121. The van der Waals surface area contributed by atoms with E-state index in [4.69, 9.17) is 0 Å². The van der Waals surface area contributed by atoms with Crippen molar-refractivity contribution in [3.63, 3.8) is 0 Å². The van der Waals surface area contributed by atoms with E-state index >= 15 is 0 Å². The van der Waals surface area contributed by atoms with Crippen LogP contribution in [0.1, 0.15) is 24.8 Å². The van der Waals surface area contributed by atoms with Gasteiger partial charge >= 0.3 is 0 Å². The largest absolute Gasteiger partial charge is 0.356 e. The second kappa shape index (κ2) is 8.26. The molecule has 1 aliphatic rings. The van der Waals surface area contributed by atoms with E-state index in [0.717, 1.165) is 22.9 Å². The Balaban J connectivity index is 1.69. The quantitative estimate of drug-likeness (QED) is 0.792. The van der Waals surface area contributed by atoms with Gasteiger partial charge in [-0.25, -0.2) is 12.7 Å². The second-order valence-corrected chi connectivity index (χ2v) is 8.84. The summed E-state index contributed by atoms with van der Waals surface area (Å²) in [6.45, 7) is 1.74. The van der Waals surface area contributed by atoms with Crippen LogP contribution in [0.5, 0.6) is 0 Å². The van der Waals surface area contributed by atoms with E-state index in [-0.39, 0.29) is 5.91 Å². The standard InChI is InChI=1S/C16H23BrN2O3S/c1-23(21,22)19-10-8-13(9-11-19)12-18-16(20)7-6-14-4-2-3-5-15(14)17/h2-5,13H,6-12H2,1H3,(H,18,20). The molecule has 0 unspecified atom stereocenters. The Hall–Kier alpha value is -0.920. The smallest absolute Gasteiger partial charge is 0.220 e. The van der Waals surface area contributed by atoms with E-state index in [0.29, 0.717) is 38.4 Å². The number of sulfonamides is 1. The number of amides is 1. The SMILES string of the molecule is CS(=O)(=O)N1CCC(CNC(=O)CCc2ccccc2Br)CC1. The molecule has 23 heavy (non-hydrogen) atoms. The predicted molar refractivity (Wildman–Crippen MR) is 94.6 cm³/mol. The first-order chi connectivity index (χ1) is 10.9. The minimum absolute atomic E-state index is 0.0475. The van der Waals surface area contributed by atoms with Gasteiger partial charge in [0.05, 0.1) is 6.26 Å². The van der Waals surface area contributed by atoms with E-state index in [1.54, 1.807) is 0 Å². The van der Waals surface area contributed by atoms with Crippen LogP contribution in [0.3, 0.4) is 0 Å². The Morgan fingerprint density at radius 2 is 1.96 bits per heavy atom. The Kier molecular flexibility index (Phi) is 6.61. The molecule has 1 saturated heterocycles. The molecule has 128 valence electrons. The number of carbonyl (C=O) groups is 1. The minimum atomic E-state index is -3.08. The summed E-state index contributed by atoms with van der Waals surface area (Å²) < 4.78 is 25.5. The highest BCUT2D eigenvalue weighted by atomic mass is 79.9. The van der Waals surface area contributed by atoms with Crippen molar-refractivity contribution in [3.8, 4) is 0 Å². The van der Waals surface area contributed by atoms with Gasteiger partial charge in [-0.2, -0.15) is 0 Å². The van der Waals surface area contributed by atoms with E-state index in [1.807, 2.05) is 24.3 Å². The van der Waals surface area contributed by atoms with E-state index in [9.17, 15) is 13.2 Å². The number of benzene rings is 1. The summed E-state index contributed by atoms with van der Waals surface area (Å²) in [6.07, 6.45) is 4.02. The first-order valence-electron chi connectivity index (χ1n) is 7.81. The van der Waals surface area contributed by atoms with Gasteiger partial charge < -0.3 is 5.32 Å². The van der Waals surface area contributed by atoms with Crippen molar-refractivity contribution in [1.29, 1.82) is 0 Å². The average Bonchev–Trinajstić information content (AvgIpc) is 2.51. The summed E-state index contributed by atoms with van der Waals surface area (Å²) in [5.74, 6) is 0.409. The third-order valence-corrected chi connectivity index (χ3v) is 6.29. The molecule has 2 rings (SSSR count). The van der Waals surface area contributed by atoms with Crippen LogP contribution in [0.15, 0.2) is 28.7 Å². The maximum Gasteiger partial charge on any atom is 0.220 e. The molecule has 1 N–H and O–H groups in total. The molecule has 1 heterocycles. The second-order valence-electron chi connectivity index (χ2n) is 6.00. The fourth-order valence-electron chi connectivity index (χ4n) is 2.74. The molecule has 0 radical (unpaired) electrons. The van der Waals surface area contributed by atoms with Crippen LogP contribution in [0.2, 0.25) is 0 Å². The van der Waals surface area contributed by atoms with E-state index in [2.05, 4.69) is 21.2 Å². The molecule has 0 atom stereocenters. The highest BCUT2D eigenvalue weighted by Crippen LogP contribution is 2.19. The molecule has 1 aromatic rings. The number of halogens is 1. The molecule has 1 aromatic carbocycles. The zero-order chi connectivity index (χ0) is 16.9. The Labute approximate surface area is 146 Å². The summed E-state index contributed by atoms with van der Waals surface area (Å²) >= 11 is 3.48. The normalized spacial score (nSPS) is 17.1. The minimum Gasteiger partial charge on any atom is -0.356 e. The van der Waals surface area contributed by atoms with Gasteiger partial charge in [-0.15, -0.1) is 0 Å². The number of hydrogen-bond donors (Lipinski definition) is 1. The van der Waals surface area contributed by atoms with Crippen molar-refractivity contribution in [1.82, 2.24) is 9.62 Å². The summed E-state index contributed by atoms with van der Waals surface area (Å²) in [5.41, 5.74) is 1.13. The van der Waals surface area contributed by atoms with Crippen LogP contribution in [0.4, 0.5) is 0 Å². The molecule has 0 spiro atoms. The molecule has 0 bridgehead atoms. The van der Waals surface area contributed by atoms with Crippen LogP contribution >= 0.6 is 15.9 Å². The number of hydrogen-bond acceptors (Lipinski definition) is 3. The van der Waals surface area contributed by atoms with Gasteiger partial charge in [-0.05, 0) is 36.8 Å². The molecule has 7 heteroatoms. The number of carbonyl (C=O) groups excluding carboxylic acids is 1. The number of aryl methyl sites for hydroxylation is 1. The van der Waals surface area contributed by atoms with Gasteiger partial charge in [0.1, 0.15) is 0 Å². The Morgan fingerprint density at radius 3 is 2.57 bits per heavy atom. The van der Waals surface area contributed by atoms with Crippen LogP contribution in [-0.4, -0.2) is 44.5 Å². The molecular formula is C16H23BrN2O3S. The van der Waals surface area contributed by atoms with Crippen molar-refractivity contribution in [2.45, 2.75) is 25.7 Å². The first kappa shape index (κ1) is 18.4. The fourth-order valence-corrected chi connectivity index (χ4v) is 4.10. The molecule has 5 nitrogen and oxygen atoms in total. The van der Waals surface area contributed by atoms with Crippen LogP contribution in [0, 0.1) is 5.92 Å². The zero-order valence-electron chi connectivity index (χ0n) is 13.3. The lowest BCUT2D eigenvalue weighted by Gasteiger charge is -2.30. The molecule has 0 saturated carbocycles. The number of rotatable bonds is 6. The van der Waals surface area contributed by atoms with E-state index < -0.39 is 10.0 Å². The maximum atomic E-state index is 12.0. The summed E-state index contributed by atoms with van der Waals surface area (Å²) in [5, 5.41) is 2.97.